The molecule has 144 valence electrons. The number of anilines is 2. The molecule has 28 heavy (non-hydrogen) atoms. The second-order valence-electron chi connectivity index (χ2n) is 6.88. The highest BCUT2D eigenvalue weighted by atomic mass is 16.5. The number of carbonyl (C=O) groups excluding carboxylic acids is 3. The summed E-state index contributed by atoms with van der Waals surface area (Å²) < 4.78 is 5.17. The number of hydrogen-bond acceptors (Lipinski definition) is 4. The molecular formula is C21H21N3O4. The minimum atomic E-state index is -0.510. The average molecular weight is 379 g/mol. The van der Waals surface area contributed by atoms with Crippen molar-refractivity contribution in [2.45, 2.75) is 18.9 Å². The van der Waals surface area contributed by atoms with Gasteiger partial charge in [-0.25, -0.2) is 0 Å². The summed E-state index contributed by atoms with van der Waals surface area (Å²) in [5, 5.41) is 2.80. The normalized spacial score (nSPS) is 18.4. The first-order chi connectivity index (χ1) is 13.6. The number of fused-ring (bicyclic) bond motifs is 2. The Hall–Kier alpha value is -3.35. The number of methoxy groups -OCH3 is 1. The van der Waals surface area contributed by atoms with Gasteiger partial charge in [0.15, 0.2) is 0 Å². The largest absolute Gasteiger partial charge is 0.497 e. The van der Waals surface area contributed by atoms with E-state index in [-0.39, 0.29) is 24.3 Å². The van der Waals surface area contributed by atoms with Crippen LogP contribution in [0.25, 0.3) is 0 Å². The van der Waals surface area contributed by atoms with Crippen LogP contribution in [-0.4, -0.2) is 48.9 Å². The third-order valence-electron chi connectivity index (χ3n) is 5.15. The molecule has 0 saturated carbocycles. The molecule has 2 aliphatic heterocycles. The molecule has 7 heteroatoms. The van der Waals surface area contributed by atoms with Gasteiger partial charge in [-0.05, 0) is 37.1 Å². The van der Waals surface area contributed by atoms with Crippen LogP contribution in [0, 0.1) is 0 Å². The number of rotatable bonds is 4. The molecule has 0 radical (unpaired) electrons. The number of ether oxygens (including phenoxy) is 1. The third-order valence-corrected chi connectivity index (χ3v) is 5.15. The zero-order valence-corrected chi connectivity index (χ0v) is 15.6. The van der Waals surface area contributed by atoms with Crippen molar-refractivity contribution < 1.29 is 19.1 Å². The smallest absolute Gasteiger partial charge is 0.256 e. The van der Waals surface area contributed by atoms with Gasteiger partial charge in [0, 0.05) is 18.3 Å². The number of amides is 3. The van der Waals surface area contributed by atoms with Crippen LogP contribution in [0.3, 0.4) is 0 Å². The van der Waals surface area contributed by atoms with E-state index in [4.69, 9.17) is 4.74 Å². The van der Waals surface area contributed by atoms with Crippen LogP contribution < -0.4 is 15.0 Å². The summed E-state index contributed by atoms with van der Waals surface area (Å²) in [6.07, 6.45) is 1.40. The fourth-order valence-corrected chi connectivity index (χ4v) is 3.82. The summed E-state index contributed by atoms with van der Waals surface area (Å²) in [6.45, 7) is 0.401. The highest BCUT2D eigenvalue weighted by Crippen LogP contribution is 2.32. The maximum atomic E-state index is 13.2. The predicted octanol–water partition coefficient (Wildman–Crippen LogP) is 2.29. The Bertz CT molecular complexity index is 943. The molecule has 2 heterocycles. The molecule has 2 aliphatic rings. The van der Waals surface area contributed by atoms with Crippen LogP contribution in [0.15, 0.2) is 48.5 Å². The lowest BCUT2D eigenvalue weighted by atomic mass is 10.1. The fraction of sp³-hybridized carbons (Fsp3) is 0.286. The molecule has 3 amide bonds. The van der Waals surface area contributed by atoms with Crippen molar-refractivity contribution in [3.8, 4) is 5.75 Å². The Morgan fingerprint density at radius 1 is 1.18 bits per heavy atom. The standard InChI is InChI=1S/C21H21N3O4/c1-28-15-7-4-6-14(12-15)22-19(25)13-24-17-9-3-2-8-16(17)20(26)23-11-5-10-18(23)21(24)27/h2-4,6-9,12,18H,5,10-11,13H2,1H3,(H,22,25)/t18-/m1/s1. The zero-order valence-electron chi connectivity index (χ0n) is 15.6. The number of hydrogen-bond donors (Lipinski definition) is 1. The van der Waals surface area contributed by atoms with Gasteiger partial charge in [-0.15, -0.1) is 0 Å². The Morgan fingerprint density at radius 3 is 2.82 bits per heavy atom. The minimum Gasteiger partial charge on any atom is -0.497 e. The van der Waals surface area contributed by atoms with Gasteiger partial charge in [-0.3, -0.25) is 14.4 Å². The summed E-state index contributed by atoms with van der Waals surface area (Å²) in [4.78, 5) is 41.8. The topological polar surface area (TPSA) is 79.0 Å². The Balaban J connectivity index is 1.61. The highest BCUT2D eigenvalue weighted by molar-refractivity contribution is 6.13. The quantitative estimate of drug-likeness (QED) is 0.884. The van der Waals surface area contributed by atoms with E-state index in [2.05, 4.69) is 5.32 Å². The van der Waals surface area contributed by atoms with Crippen molar-refractivity contribution in [2.75, 3.05) is 30.4 Å². The van der Waals surface area contributed by atoms with Crippen molar-refractivity contribution in [2.24, 2.45) is 0 Å². The lowest BCUT2D eigenvalue weighted by Gasteiger charge is -2.25. The minimum absolute atomic E-state index is 0.151. The Kier molecular flexibility index (Phi) is 4.73. The maximum absolute atomic E-state index is 13.2. The number of para-hydroxylation sites is 1. The molecule has 2 aromatic carbocycles. The van der Waals surface area contributed by atoms with Gasteiger partial charge in [-0.2, -0.15) is 0 Å². The zero-order chi connectivity index (χ0) is 19.7. The molecule has 1 N–H and O–H groups in total. The predicted molar refractivity (Wildman–Crippen MR) is 104 cm³/mol. The third kappa shape index (κ3) is 3.19. The van der Waals surface area contributed by atoms with Gasteiger partial charge in [0.2, 0.25) is 11.8 Å². The number of carbonyl (C=O) groups is 3. The van der Waals surface area contributed by atoms with Gasteiger partial charge < -0.3 is 19.9 Å². The van der Waals surface area contributed by atoms with Gasteiger partial charge in [-0.1, -0.05) is 18.2 Å². The van der Waals surface area contributed by atoms with Crippen molar-refractivity contribution in [3.05, 3.63) is 54.1 Å². The molecule has 2 aromatic rings. The van der Waals surface area contributed by atoms with Crippen molar-refractivity contribution in [1.82, 2.24) is 4.90 Å². The van der Waals surface area contributed by atoms with E-state index in [1.54, 1.807) is 60.5 Å². The highest BCUT2D eigenvalue weighted by Gasteiger charge is 2.42. The first kappa shape index (κ1) is 18.0. The molecule has 0 aromatic heterocycles. The van der Waals surface area contributed by atoms with Crippen LogP contribution in [-0.2, 0) is 9.59 Å². The first-order valence-corrected chi connectivity index (χ1v) is 9.24. The first-order valence-electron chi connectivity index (χ1n) is 9.24. The Labute approximate surface area is 162 Å². The molecular weight excluding hydrogens is 358 g/mol. The molecule has 0 bridgehead atoms. The van der Waals surface area contributed by atoms with Crippen LogP contribution in [0.4, 0.5) is 11.4 Å². The van der Waals surface area contributed by atoms with Crippen LogP contribution in [0.1, 0.15) is 23.2 Å². The van der Waals surface area contributed by atoms with E-state index in [9.17, 15) is 14.4 Å². The van der Waals surface area contributed by atoms with E-state index < -0.39 is 6.04 Å². The molecule has 0 unspecified atom stereocenters. The van der Waals surface area contributed by atoms with Crippen LogP contribution >= 0.6 is 0 Å². The van der Waals surface area contributed by atoms with Gasteiger partial charge >= 0.3 is 0 Å². The average Bonchev–Trinajstić information content (AvgIpc) is 3.18. The van der Waals surface area contributed by atoms with Crippen molar-refractivity contribution in [1.29, 1.82) is 0 Å². The summed E-state index contributed by atoms with van der Waals surface area (Å²) in [5.41, 5.74) is 1.51. The molecule has 0 aliphatic carbocycles. The monoisotopic (exact) mass is 379 g/mol. The van der Waals surface area contributed by atoms with Gasteiger partial charge in [0.25, 0.3) is 5.91 Å². The molecule has 1 fully saturated rings. The molecule has 1 atom stereocenters. The summed E-state index contributed by atoms with van der Waals surface area (Å²) in [5.74, 6) is -0.0739. The fourth-order valence-electron chi connectivity index (χ4n) is 3.82. The van der Waals surface area contributed by atoms with Crippen LogP contribution in [0.2, 0.25) is 0 Å². The van der Waals surface area contributed by atoms with Crippen LogP contribution in [0.5, 0.6) is 5.75 Å². The second-order valence-corrected chi connectivity index (χ2v) is 6.88. The van der Waals surface area contributed by atoms with Crippen molar-refractivity contribution >= 4 is 29.1 Å². The molecule has 1 saturated heterocycles. The van der Waals surface area contributed by atoms with E-state index >= 15 is 0 Å². The van der Waals surface area contributed by atoms with Gasteiger partial charge in [0.05, 0.1) is 18.4 Å². The van der Waals surface area contributed by atoms with Crippen molar-refractivity contribution in [3.63, 3.8) is 0 Å². The summed E-state index contributed by atoms with van der Waals surface area (Å²) in [6, 6.07) is 13.5. The summed E-state index contributed by atoms with van der Waals surface area (Å²) >= 11 is 0. The lowest BCUT2D eigenvalue weighted by molar-refractivity contribution is -0.124. The number of nitrogens with zero attached hydrogens (tertiary/aromatic N) is 2. The second kappa shape index (κ2) is 7.34. The van der Waals surface area contributed by atoms with E-state index in [0.717, 1.165) is 6.42 Å². The van der Waals surface area contributed by atoms with E-state index in [1.165, 1.54) is 4.90 Å². The summed E-state index contributed by atoms with van der Waals surface area (Å²) in [7, 11) is 1.55. The Morgan fingerprint density at radius 2 is 2.00 bits per heavy atom. The SMILES string of the molecule is COc1cccc(NC(=O)CN2C(=O)[C@H]3CCCN3C(=O)c3ccccc32)c1. The molecule has 4 rings (SSSR count). The molecule has 7 nitrogen and oxygen atoms in total. The number of nitrogens with one attached hydrogen (secondary N) is 1. The maximum Gasteiger partial charge on any atom is 0.256 e. The lowest BCUT2D eigenvalue weighted by Crippen LogP contribution is -2.47. The van der Waals surface area contributed by atoms with E-state index in [0.29, 0.717) is 35.7 Å². The number of benzene rings is 2. The van der Waals surface area contributed by atoms with E-state index in [1.807, 2.05) is 0 Å². The molecule has 0 spiro atoms. The van der Waals surface area contributed by atoms with Gasteiger partial charge in [0.1, 0.15) is 18.3 Å².